The number of carbonyl (C=O) groups is 1. The van der Waals surface area contributed by atoms with Crippen LogP contribution in [0.15, 0.2) is 41.3 Å². The van der Waals surface area contributed by atoms with Crippen molar-refractivity contribution < 1.29 is 26.7 Å². The summed E-state index contributed by atoms with van der Waals surface area (Å²) in [7, 11) is -3.80. The number of halogens is 3. The predicted octanol–water partition coefficient (Wildman–Crippen LogP) is 1.78. The van der Waals surface area contributed by atoms with Crippen LogP contribution in [0.1, 0.15) is 18.9 Å². The summed E-state index contributed by atoms with van der Waals surface area (Å²) >= 11 is 6.14. The van der Waals surface area contributed by atoms with Gasteiger partial charge in [-0.3, -0.25) is 4.79 Å². The van der Waals surface area contributed by atoms with Gasteiger partial charge in [-0.1, -0.05) is 11.6 Å². The third-order valence-corrected chi connectivity index (χ3v) is 9.34. The molecule has 0 saturated carbocycles. The molecule has 39 heavy (non-hydrogen) atoms. The van der Waals surface area contributed by atoms with E-state index in [-0.39, 0.29) is 78.6 Å². The summed E-state index contributed by atoms with van der Waals surface area (Å²) in [6.07, 6.45) is -1.43. The molecule has 5 rings (SSSR count). The molecule has 3 aliphatic heterocycles. The number of aromatic nitrogens is 1. The van der Waals surface area contributed by atoms with Gasteiger partial charge in [-0.25, -0.2) is 13.4 Å². The van der Waals surface area contributed by atoms with Gasteiger partial charge in [0.2, 0.25) is 15.9 Å². The molecule has 0 spiro atoms. The molecule has 10 nitrogen and oxygen atoms in total. The Bertz CT molecular complexity index is 1320. The number of amides is 1. The molecule has 3 saturated heterocycles. The number of benzene rings is 1. The van der Waals surface area contributed by atoms with E-state index in [1.165, 1.54) is 22.5 Å². The van der Waals surface area contributed by atoms with E-state index in [0.29, 0.717) is 18.8 Å². The summed E-state index contributed by atoms with van der Waals surface area (Å²) in [5, 5.41) is 2.88. The first-order valence-corrected chi connectivity index (χ1v) is 14.6. The Hall–Kier alpha value is -2.42. The summed E-state index contributed by atoms with van der Waals surface area (Å²) in [4.78, 5) is 19.7. The summed E-state index contributed by atoms with van der Waals surface area (Å²) in [5.74, 6) is -3.14. The normalized spacial score (nSPS) is 25.4. The Balaban J connectivity index is 1.27. The van der Waals surface area contributed by atoms with Gasteiger partial charge in [0.1, 0.15) is 17.1 Å². The van der Waals surface area contributed by atoms with Crippen molar-refractivity contribution in [3.8, 4) is 0 Å². The topological polar surface area (TPSA) is 121 Å². The average Bonchev–Trinajstić information content (AvgIpc) is 3.26. The van der Waals surface area contributed by atoms with Gasteiger partial charge in [0.25, 0.3) is 5.92 Å². The number of alkyl halides is 2. The smallest absolute Gasteiger partial charge is 0.300 e. The minimum atomic E-state index is -3.80. The van der Waals surface area contributed by atoms with Crippen molar-refractivity contribution in [1.82, 2.24) is 14.6 Å². The van der Waals surface area contributed by atoms with Crippen LogP contribution in [0.2, 0.25) is 5.15 Å². The molecule has 3 N–H and O–H groups in total. The van der Waals surface area contributed by atoms with Gasteiger partial charge in [0, 0.05) is 69.5 Å². The fourth-order valence-corrected chi connectivity index (χ4v) is 6.75. The number of piperazine rings is 1. The molecule has 14 heteroatoms. The van der Waals surface area contributed by atoms with Crippen molar-refractivity contribution in [1.29, 1.82) is 0 Å². The molecule has 1 amide bonds. The Morgan fingerprint density at radius 3 is 2.44 bits per heavy atom. The first-order valence-electron chi connectivity index (χ1n) is 12.8. The molecule has 3 fully saturated rings. The lowest BCUT2D eigenvalue weighted by Crippen LogP contribution is -2.51. The van der Waals surface area contributed by atoms with Crippen LogP contribution in [-0.4, -0.2) is 87.7 Å². The second-order valence-corrected chi connectivity index (χ2v) is 12.4. The molecule has 0 aliphatic carbocycles. The second-order valence-electron chi connectivity index (χ2n) is 10.1. The predicted molar refractivity (Wildman–Crippen MR) is 143 cm³/mol. The lowest BCUT2D eigenvalue weighted by molar-refractivity contribution is -0.172. The minimum Gasteiger partial charge on any atom is -0.366 e. The van der Waals surface area contributed by atoms with Gasteiger partial charge >= 0.3 is 0 Å². The Morgan fingerprint density at radius 2 is 1.82 bits per heavy atom. The van der Waals surface area contributed by atoms with Crippen molar-refractivity contribution in [2.24, 2.45) is 5.73 Å². The second kappa shape index (κ2) is 10.9. The van der Waals surface area contributed by atoms with Crippen LogP contribution in [0.5, 0.6) is 0 Å². The van der Waals surface area contributed by atoms with E-state index in [2.05, 4.69) is 10.3 Å². The van der Waals surface area contributed by atoms with Crippen LogP contribution in [0.3, 0.4) is 0 Å². The number of ether oxygens (including phenoxy) is 1. The Morgan fingerprint density at radius 1 is 1.13 bits per heavy atom. The Kier molecular flexibility index (Phi) is 7.83. The number of rotatable bonds is 6. The quantitative estimate of drug-likeness (QED) is 0.493. The number of hydrogen-bond donors (Lipinski definition) is 2. The van der Waals surface area contributed by atoms with Crippen molar-refractivity contribution in [3.05, 3.63) is 47.1 Å². The molecular weight excluding hydrogens is 554 g/mol. The summed E-state index contributed by atoms with van der Waals surface area (Å²) in [6.45, 7) is 3.38. The molecule has 0 bridgehead atoms. The van der Waals surface area contributed by atoms with E-state index < -0.39 is 22.0 Å². The Labute approximate surface area is 231 Å². The first kappa shape index (κ1) is 28.1. The molecule has 2 aromatic rings. The standard InChI is InChI=1S/C25H31ClF2N6O4S/c1-16-13-30-14-21(38-16)25(27,28)17-10-22(26)31-23(11-17)32-6-8-33(9-7-32)39(36,37)20-4-2-19(3-5-20)34-15-18(29)12-24(34)35/h2-5,10-11,16,18,21,30H,6-9,12-15,29H2,1H3/t16-,18-,21-/m1/s1. The van der Waals surface area contributed by atoms with E-state index in [4.69, 9.17) is 22.1 Å². The number of anilines is 2. The zero-order valence-electron chi connectivity index (χ0n) is 21.4. The van der Waals surface area contributed by atoms with Gasteiger partial charge in [-0.2, -0.15) is 13.1 Å². The van der Waals surface area contributed by atoms with E-state index in [9.17, 15) is 13.2 Å². The lowest BCUT2D eigenvalue weighted by Gasteiger charge is -2.36. The summed E-state index contributed by atoms with van der Waals surface area (Å²) < 4.78 is 64.0. The molecule has 4 heterocycles. The van der Waals surface area contributed by atoms with Crippen LogP contribution < -0.4 is 20.9 Å². The maximum atomic E-state index is 15.3. The average molecular weight is 585 g/mol. The highest BCUT2D eigenvalue weighted by Gasteiger charge is 2.45. The molecule has 212 valence electrons. The minimum absolute atomic E-state index is 0.00596. The molecular formula is C25H31ClF2N6O4S. The highest BCUT2D eigenvalue weighted by atomic mass is 35.5. The van der Waals surface area contributed by atoms with Crippen molar-refractivity contribution >= 4 is 39.0 Å². The maximum absolute atomic E-state index is 15.3. The molecule has 0 unspecified atom stereocenters. The SMILES string of the molecule is C[C@@H]1CNC[C@H](C(F)(F)c2cc(Cl)nc(N3CCN(S(=O)(=O)c4ccc(N5C[C@H](N)CC5=O)cc4)CC3)c2)O1. The van der Waals surface area contributed by atoms with Crippen LogP contribution >= 0.6 is 11.6 Å². The zero-order valence-corrected chi connectivity index (χ0v) is 23.0. The van der Waals surface area contributed by atoms with E-state index in [0.717, 1.165) is 6.07 Å². The first-order chi connectivity index (χ1) is 18.4. The largest absolute Gasteiger partial charge is 0.366 e. The number of carbonyl (C=O) groups excluding carboxylic acids is 1. The van der Waals surface area contributed by atoms with Gasteiger partial charge in [-0.05, 0) is 43.3 Å². The number of nitrogens with zero attached hydrogens (tertiary/aromatic N) is 4. The fraction of sp³-hybridized carbons (Fsp3) is 0.520. The fourth-order valence-electron chi connectivity index (χ4n) is 5.12. The van der Waals surface area contributed by atoms with Gasteiger partial charge in [0.15, 0.2) is 0 Å². The van der Waals surface area contributed by atoms with Crippen molar-refractivity contribution in [2.75, 3.05) is 55.6 Å². The van der Waals surface area contributed by atoms with Gasteiger partial charge in [0.05, 0.1) is 11.0 Å². The molecule has 3 aliphatic rings. The molecule has 3 atom stereocenters. The van der Waals surface area contributed by atoms with E-state index in [1.807, 2.05) is 0 Å². The van der Waals surface area contributed by atoms with Crippen molar-refractivity contribution in [3.63, 3.8) is 0 Å². The number of morpholine rings is 1. The van der Waals surface area contributed by atoms with E-state index >= 15 is 8.78 Å². The lowest BCUT2D eigenvalue weighted by atomic mass is 10.0. The highest BCUT2D eigenvalue weighted by molar-refractivity contribution is 7.89. The molecule has 0 radical (unpaired) electrons. The number of nitrogens with two attached hydrogens (primary N) is 1. The molecule has 1 aromatic heterocycles. The van der Waals surface area contributed by atoms with Gasteiger partial charge < -0.3 is 25.6 Å². The molecule has 1 aromatic carbocycles. The number of nitrogens with one attached hydrogen (secondary N) is 1. The monoisotopic (exact) mass is 584 g/mol. The summed E-state index contributed by atoms with van der Waals surface area (Å²) in [6, 6.07) is 8.35. The van der Waals surface area contributed by atoms with Gasteiger partial charge in [-0.15, -0.1) is 0 Å². The number of hydrogen-bond acceptors (Lipinski definition) is 8. The third kappa shape index (κ3) is 5.74. The summed E-state index contributed by atoms with van der Waals surface area (Å²) in [5.41, 5.74) is 6.15. The maximum Gasteiger partial charge on any atom is 0.300 e. The van der Waals surface area contributed by atoms with Crippen LogP contribution in [0.4, 0.5) is 20.3 Å². The third-order valence-electron chi connectivity index (χ3n) is 7.23. The number of pyridine rings is 1. The van der Waals surface area contributed by atoms with Crippen LogP contribution in [0.25, 0.3) is 0 Å². The zero-order chi connectivity index (χ0) is 27.9. The van der Waals surface area contributed by atoms with Crippen molar-refractivity contribution in [2.45, 2.75) is 42.4 Å². The van der Waals surface area contributed by atoms with Crippen LogP contribution in [0, 0.1) is 0 Å². The number of sulfonamides is 1. The highest BCUT2D eigenvalue weighted by Crippen LogP contribution is 2.37. The van der Waals surface area contributed by atoms with E-state index in [1.54, 1.807) is 28.9 Å². The van der Waals surface area contributed by atoms with Crippen LogP contribution in [-0.2, 0) is 25.5 Å².